The summed E-state index contributed by atoms with van der Waals surface area (Å²) in [5.74, 6) is -0.0644. The maximum Gasteiger partial charge on any atom is 0.254 e. The van der Waals surface area contributed by atoms with Crippen molar-refractivity contribution in [1.82, 2.24) is 20.2 Å². The molecule has 12 heteroatoms. The van der Waals surface area contributed by atoms with E-state index in [0.717, 1.165) is 18.4 Å². The number of carbonyl (C=O) groups excluding carboxylic acids is 3. The summed E-state index contributed by atoms with van der Waals surface area (Å²) in [7, 11) is 3.10. The van der Waals surface area contributed by atoms with Crippen LogP contribution in [0, 0.1) is 0 Å². The zero-order valence-electron chi connectivity index (χ0n) is 23.6. The van der Waals surface area contributed by atoms with Crippen LogP contribution in [0.5, 0.6) is 5.75 Å². The summed E-state index contributed by atoms with van der Waals surface area (Å²) in [5.41, 5.74) is 9.06. The fraction of sp³-hybridized carbons (Fsp3) is 0.194. The molecular weight excluding hydrogens is 570 g/mol. The molecule has 2 heterocycles. The summed E-state index contributed by atoms with van der Waals surface area (Å²) in [4.78, 5) is 48.3. The number of halogens is 1. The molecule has 0 atom stereocenters. The zero-order chi connectivity index (χ0) is 30.5. The van der Waals surface area contributed by atoms with Crippen molar-refractivity contribution >= 4 is 52.5 Å². The van der Waals surface area contributed by atoms with Gasteiger partial charge in [0.05, 0.1) is 30.2 Å². The molecule has 5 N–H and O–H groups in total. The van der Waals surface area contributed by atoms with Crippen molar-refractivity contribution in [2.24, 2.45) is 5.73 Å². The Bertz CT molecular complexity index is 1690. The third-order valence-electron chi connectivity index (χ3n) is 7.08. The predicted molar refractivity (Wildman–Crippen MR) is 166 cm³/mol. The Balaban J connectivity index is 1.53. The number of nitrogens with zero attached hydrogens (tertiary/aromatic N) is 3. The molecule has 1 aliphatic rings. The topological polar surface area (TPSA) is 152 Å². The molecule has 0 bridgehead atoms. The molecule has 4 aromatic rings. The number of nitrogens with two attached hydrogens (primary N) is 1. The molecule has 5 rings (SSSR count). The van der Waals surface area contributed by atoms with Gasteiger partial charge in [-0.15, -0.1) is 0 Å². The third kappa shape index (κ3) is 6.36. The van der Waals surface area contributed by atoms with Gasteiger partial charge in [-0.25, -0.2) is 4.98 Å². The number of hydrogen-bond acceptors (Lipinski definition) is 8. The fourth-order valence-electron chi connectivity index (χ4n) is 4.87. The van der Waals surface area contributed by atoms with E-state index < -0.39 is 5.91 Å². The number of methoxy groups -OCH3 is 1. The quantitative estimate of drug-likeness (QED) is 0.210. The number of anilines is 4. The average Bonchev–Trinajstić information content (AvgIpc) is 3.57. The molecule has 3 aromatic carbocycles. The van der Waals surface area contributed by atoms with Gasteiger partial charge in [-0.1, -0.05) is 35.9 Å². The van der Waals surface area contributed by atoms with Crippen LogP contribution in [0.25, 0.3) is 11.1 Å². The van der Waals surface area contributed by atoms with E-state index in [-0.39, 0.29) is 34.2 Å². The Labute approximate surface area is 253 Å². The average molecular weight is 600 g/mol. The molecule has 1 aromatic heterocycles. The van der Waals surface area contributed by atoms with Gasteiger partial charge in [0, 0.05) is 31.3 Å². The van der Waals surface area contributed by atoms with Crippen LogP contribution in [0.4, 0.5) is 23.1 Å². The SMILES string of the molecule is CNC(=O)c1ccc(-c2cc(OC)c(Nc3ncc(Cl)c(Nc4ccccc4C(N)=O)n3)cc2C(=O)N2CCCC2)cc1. The molecule has 0 spiro atoms. The fourth-order valence-corrected chi connectivity index (χ4v) is 5.01. The summed E-state index contributed by atoms with van der Waals surface area (Å²) in [6.45, 7) is 1.34. The van der Waals surface area contributed by atoms with Gasteiger partial charge in [0.1, 0.15) is 10.8 Å². The van der Waals surface area contributed by atoms with Gasteiger partial charge in [0.15, 0.2) is 5.82 Å². The number of rotatable bonds is 9. The van der Waals surface area contributed by atoms with Crippen LogP contribution in [0.1, 0.15) is 43.9 Å². The van der Waals surface area contributed by atoms with Crippen molar-refractivity contribution in [3.8, 4) is 16.9 Å². The van der Waals surface area contributed by atoms with Gasteiger partial charge in [0.25, 0.3) is 17.7 Å². The number of likely N-dealkylation sites (tertiary alicyclic amines) is 1. The lowest BCUT2D eigenvalue weighted by atomic mass is 9.96. The van der Waals surface area contributed by atoms with Crippen LogP contribution in [-0.4, -0.2) is 59.8 Å². The van der Waals surface area contributed by atoms with Gasteiger partial charge in [-0.2, -0.15) is 4.98 Å². The minimum atomic E-state index is -0.602. The molecule has 1 fully saturated rings. The Morgan fingerprint density at radius 1 is 0.953 bits per heavy atom. The standard InChI is InChI=1S/C31H30ClN7O4/c1-34-29(41)19-11-9-18(10-12-19)21-16-26(43-2)25(15-22(21)30(42)39-13-5-6-14-39)37-31-35-17-23(32)28(38-31)36-24-8-4-3-7-20(24)27(33)40/h3-4,7-12,15-17H,5-6,13-14H2,1-2H3,(H2,33,40)(H,34,41)(H2,35,36,37,38). The van der Waals surface area contributed by atoms with Gasteiger partial charge >= 0.3 is 0 Å². The highest BCUT2D eigenvalue weighted by Crippen LogP contribution is 2.37. The Morgan fingerprint density at radius 2 is 1.67 bits per heavy atom. The number of primary amides is 1. The second-order valence-electron chi connectivity index (χ2n) is 9.80. The van der Waals surface area contributed by atoms with Crippen molar-refractivity contribution in [2.75, 3.05) is 37.9 Å². The normalized spacial score (nSPS) is 12.5. The molecule has 1 saturated heterocycles. The number of ether oxygens (including phenoxy) is 1. The highest BCUT2D eigenvalue weighted by atomic mass is 35.5. The van der Waals surface area contributed by atoms with Gasteiger partial charge < -0.3 is 31.3 Å². The van der Waals surface area contributed by atoms with E-state index in [1.807, 2.05) is 4.90 Å². The van der Waals surface area contributed by atoms with Crippen LogP contribution in [0.15, 0.2) is 66.9 Å². The van der Waals surface area contributed by atoms with Gasteiger partial charge in [-0.05, 0) is 60.4 Å². The number of aromatic nitrogens is 2. The largest absolute Gasteiger partial charge is 0.495 e. The summed E-state index contributed by atoms with van der Waals surface area (Å²) in [5, 5.41) is 9.03. The lowest BCUT2D eigenvalue weighted by Gasteiger charge is -2.21. The van der Waals surface area contributed by atoms with Crippen molar-refractivity contribution in [3.63, 3.8) is 0 Å². The minimum absolute atomic E-state index is 0.115. The van der Waals surface area contributed by atoms with E-state index in [1.165, 1.54) is 13.3 Å². The molecule has 0 radical (unpaired) electrons. The molecule has 0 unspecified atom stereocenters. The van der Waals surface area contributed by atoms with E-state index in [4.69, 9.17) is 22.1 Å². The third-order valence-corrected chi connectivity index (χ3v) is 7.36. The molecule has 220 valence electrons. The van der Waals surface area contributed by atoms with Crippen LogP contribution >= 0.6 is 11.6 Å². The van der Waals surface area contributed by atoms with E-state index in [0.29, 0.717) is 46.9 Å². The predicted octanol–water partition coefficient (Wildman–Crippen LogP) is 4.99. The number of hydrogen-bond donors (Lipinski definition) is 4. The van der Waals surface area contributed by atoms with Crippen LogP contribution in [0.2, 0.25) is 5.02 Å². The van der Waals surface area contributed by atoms with E-state index in [1.54, 1.807) is 67.7 Å². The first-order chi connectivity index (χ1) is 20.8. The van der Waals surface area contributed by atoms with Crippen molar-refractivity contribution < 1.29 is 19.1 Å². The number of amides is 3. The Morgan fingerprint density at radius 3 is 2.35 bits per heavy atom. The lowest BCUT2D eigenvalue weighted by Crippen LogP contribution is -2.28. The molecular formula is C31H30ClN7O4. The molecule has 1 aliphatic heterocycles. The van der Waals surface area contributed by atoms with Crippen molar-refractivity contribution in [3.05, 3.63) is 88.6 Å². The van der Waals surface area contributed by atoms with Crippen LogP contribution < -0.4 is 26.4 Å². The number of benzene rings is 3. The minimum Gasteiger partial charge on any atom is -0.495 e. The highest BCUT2D eigenvalue weighted by Gasteiger charge is 2.25. The number of para-hydroxylation sites is 1. The summed E-state index contributed by atoms with van der Waals surface area (Å²) >= 11 is 6.38. The second-order valence-corrected chi connectivity index (χ2v) is 10.2. The van der Waals surface area contributed by atoms with E-state index in [2.05, 4.69) is 25.9 Å². The van der Waals surface area contributed by atoms with Gasteiger partial charge in [-0.3, -0.25) is 14.4 Å². The van der Waals surface area contributed by atoms with E-state index >= 15 is 0 Å². The van der Waals surface area contributed by atoms with Crippen molar-refractivity contribution in [1.29, 1.82) is 0 Å². The monoisotopic (exact) mass is 599 g/mol. The summed E-state index contributed by atoms with van der Waals surface area (Å²) in [6.07, 6.45) is 3.30. The summed E-state index contributed by atoms with van der Waals surface area (Å²) < 4.78 is 5.71. The highest BCUT2D eigenvalue weighted by molar-refractivity contribution is 6.33. The van der Waals surface area contributed by atoms with Crippen molar-refractivity contribution in [2.45, 2.75) is 12.8 Å². The van der Waals surface area contributed by atoms with Crippen LogP contribution in [0.3, 0.4) is 0 Å². The lowest BCUT2D eigenvalue weighted by molar-refractivity contribution is 0.0793. The second kappa shape index (κ2) is 12.8. The Hall–Kier alpha value is -5.16. The molecule has 43 heavy (non-hydrogen) atoms. The zero-order valence-corrected chi connectivity index (χ0v) is 24.4. The molecule has 11 nitrogen and oxygen atoms in total. The summed E-state index contributed by atoms with van der Waals surface area (Å²) in [6, 6.07) is 17.3. The van der Waals surface area contributed by atoms with E-state index in [9.17, 15) is 14.4 Å². The Kier molecular flexibility index (Phi) is 8.72. The van der Waals surface area contributed by atoms with Gasteiger partial charge in [0.2, 0.25) is 5.95 Å². The molecule has 0 saturated carbocycles. The molecule has 0 aliphatic carbocycles. The van der Waals surface area contributed by atoms with Crippen LogP contribution in [-0.2, 0) is 0 Å². The first-order valence-electron chi connectivity index (χ1n) is 13.6. The number of carbonyl (C=O) groups is 3. The smallest absolute Gasteiger partial charge is 0.254 e. The first kappa shape index (κ1) is 29.3. The maximum atomic E-state index is 13.8. The maximum absolute atomic E-state index is 13.8. The molecule has 3 amide bonds. The first-order valence-corrected chi connectivity index (χ1v) is 14.0. The number of nitrogens with one attached hydrogen (secondary N) is 3.